The van der Waals surface area contributed by atoms with Gasteiger partial charge in [-0.3, -0.25) is 0 Å². The van der Waals surface area contributed by atoms with Crippen LogP contribution < -0.4 is 5.84 Å². The molecule has 100 valence electrons. The Kier molecular flexibility index (Phi) is 6.29. The summed E-state index contributed by atoms with van der Waals surface area (Å²) in [4.78, 5) is 7.02. The first kappa shape index (κ1) is 14.3. The average molecular weight is 241 g/mol. The Morgan fingerprint density at radius 1 is 1.47 bits per heavy atom. The van der Waals surface area contributed by atoms with Crippen molar-refractivity contribution in [2.75, 3.05) is 46.8 Å². The highest BCUT2D eigenvalue weighted by atomic mass is 15.3. The van der Waals surface area contributed by atoms with E-state index in [0.29, 0.717) is 0 Å². The fourth-order valence-corrected chi connectivity index (χ4v) is 2.36. The van der Waals surface area contributed by atoms with Crippen LogP contribution in [0.5, 0.6) is 0 Å². The Bertz CT molecular complexity index is 231. The van der Waals surface area contributed by atoms with E-state index in [1.807, 2.05) is 11.9 Å². The molecule has 0 amide bonds. The summed E-state index contributed by atoms with van der Waals surface area (Å²) < 4.78 is 0. The second kappa shape index (κ2) is 7.50. The molecule has 0 aliphatic carbocycles. The lowest BCUT2D eigenvalue weighted by atomic mass is 10.2. The normalized spacial score (nSPS) is 21.8. The molecule has 0 bridgehead atoms. The molecular formula is C12H27N5. The highest BCUT2D eigenvalue weighted by Crippen LogP contribution is 2.15. The van der Waals surface area contributed by atoms with Gasteiger partial charge in [0, 0.05) is 32.7 Å². The highest BCUT2D eigenvalue weighted by molar-refractivity contribution is 5.53. The van der Waals surface area contributed by atoms with Gasteiger partial charge in [-0.05, 0) is 33.0 Å². The number of nitrogens with two attached hydrogens (primary N) is 1. The minimum atomic E-state index is 0.739. The molecule has 1 heterocycles. The van der Waals surface area contributed by atoms with Gasteiger partial charge in [-0.25, -0.2) is 0 Å². The van der Waals surface area contributed by atoms with Gasteiger partial charge >= 0.3 is 0 Å². The molecule has 0 aromatic carbocycles. The largest absolute Gasteiger partial charge is 0.363 e. The summed E-state index contributed by atoms with van der Waals surface area (Å²) in [5.74, 6) is 5.13. The average Bonchev–Trinajstić information content (AvgIpc) is 2.70. The van der Waals surface area contributed by atoms with Crippen molar-refractivity contribution in [3.05, 3.63) is 0 Å². The fourth-order valence-electron chi connectivity index (χ4n) is 2.36. The molecule has 1 saturated heterocycles. The molecule has 1 atom stereocenters. The van der Waals surface area contributed by atoms with Gasteiger partial charge in [0.1, 0.15) is 6.34 Å². The Morgan fingerprint density at radius 3 is 2.76 bits per heavy atom. The van der Waals surface area contributed by atoms with Gasteiger partial charge in [0.05, 0.1) is 0 Å². The molecule has 5 heteroatoms. The maximum absolute atomic E-state index is 5.13. The van der Waals surface area contributed by atoms with Crippen LogP contribution in [0.3, 0.4) is 0 Å². The lowest BCUT2D eigenvalue weighted by Crippen LogP contribution is -2.41. The minimum Gasteiger partial charge on any atom is -0.363 e. The molecule has 1 fully saturated rings. The standard InChI is InChI=1S/C12H27N5/c1-4-17(9-8-15(2)11-14-13)10-12-6-5-7-16(12)3/h11-12H,4-10,13H2,1-3H3/b14-11-. The van der Waals surface area contributed by atoms with Crippen molar-refractivity contribution in [1.82, 2.24) is 14.7 Å². The first-order valence-electron chi connectivity index (χ1n) is 6.53. The molecule has 0 spiro atoms. The van der Waals surface area contributed by atoms with Gasteiger partial charge in [-0.15, -0.1) is 0 Å². The summed E-state index contributed by atoms with van der Waals surface area (Å²) in [7, 11) is 4.24. The molecular weight excluding hydrogens is 214 g/mol. The van der Waals surface area contributed by atoms with Crippen LogP contribution in [0.25, 0.3) is 0 Å². The molecule has 0 aromatic heterocycles. The second-order valence-electron chi connectivity index (χ2n) is 4.92. The van der Waals surface area contributed by atoms with Gasteiger partial charge in [0.2, 0.25) is 0 Å². The van der Waals surface area contributed by atoms with Crippen LogP contribution in [0.4, 0.5) is 0 Å². The highest BCUT2D eigenvalue weighted by Gasteiger charge is 2.22. The summed E-state index contributed by atoms with van der Waals surface area (Å²) in [6.45, 7) is 7.82. The van der Waals surface area contributed by atoms with Gasteiger partial charge in [0.15, 0.2) is 0 Å². The van der Waals surface area contributed by atoms with Gasteiger partial charge < -0.3 is 20.5 Å². The lowest BCUT2D eigenvalue weighted by Gasteiger charge is -2.29. The van der Waals surface area contributed by atoms with E-state index >= 15 is 0 Å². The Morgan fingerprint density at radius 2 is 2.24 bits per heavy atom. The first-order chi connectivity index (χ1) is 8.17. The lowest BCUT2D eigenvalue weighted by molar-refractivity contribution is 0.193. The van der Waals surface area contributed by atoms with Crippen molar-refractivity contribution in [1.29, 1.82) is 0 Å². The van der Waals surface area contributed by atoms with E-state index in [4.69, 9.17) is 5.84 Å². The van der Waals surface area contributed by atoms with Crippen molar-refractivity contribution in [3.8, 4) is 0 Å². The van der Waals surface area contributed by atoms with E-state index in [9.17, 15) is 0 Å². The van der Waals surface area contributed by atoms with Crippen LogP contribution >= 0.6 is 0 Å². The maximum atomic E-state index is 5.13. The van der Waals surface area contributed by atoms with Crippen molar-refractivity contribution in [3.63, 3.8) is 0 Å². The van der Waals surface area contributed by atoms with Crippen LogP contribution in [-0.2, 0) is 0 Å². The minimum absolute atomic E-state index is 0.739. The number of rotatable bonds is 7. The van der Waals surface area contributed by atoms with Crippen LogP contribution in [0.15, 0.2) is 5.10 Å². The van der Waals surface area contributed by atoms with Crippen molar-refractivity contribution < 1.29 is 0 Å². The predicted molar refractivity (Wildman–Crippen MR) is 73.1 cm³/mol. The molecule has 1 rings (SSSR count). The Balaban J connectivity index is 2.28. The van der Waals surface area contributed by atoms with Crippen molar-refractivity contribution >= 4 is 6.34 Å². The molecule has 17 heavy (non-hydrogen) atoms. The molecule has 0 radical (unpaired) electrons. The number of nitrogens with zero attached hydrogens (tertiary/aromatic N) is 4. The summed E-state index contributed by atoms with van der Waals surface area (Å²) in [5, 5.41) is 3.53. The fraction of sp³-hybridized carbons (Fsp3) is 0.917. The first-order valence-corrected chi connectivity index (χ1v) is 6.53. The number of hydrogen-bond acceptors (Lipinski definition) is 4. The molecule has 1 aliphatic rings. The van der Waals surface area contributed by atoms with E-state index in [0.717, 1.165) is 25.7 Å². The summed E-state index contributed by atoms with van der Waals surface area (Å²) in [6, 6.07) is 0.739. The van der Waals surface area contributed by atoms with Crippen molar-refractivity contribution in [2.24, 2.45) is 10.9 Å². The Labute approximate surface area is 105 Å². The van der Waals surface area contributed by atoms with E-state index in [1.165, 1.54) is 25.9 Å². The maximum Gasteiger partial charge on any atom is 0.110 e. The second-order valence-corrected chi connectivity index (χ2v) is 4.92. The molecule has 5 nitrogen and oxygen atoms in total. The third-order valence-electron chi connectivity index (χ3n) is 3.62. The molecule has 0 saturated carbocycles. The third kappa shape index (κ3) is 4.91. The number of likely N-dealkylation sites (N-methyl/N-ethyl adjacent to an activating group) is 3. The van der Waals surface area contributed by atoms with Crippen molar-refractivity contribution in [2.45, 2.75) is 25.8 Å². The van der Waals surface area contributed by atoms with Gasteiger partial charge in [0.25, 0.3) is 0 Å². The monoisotopic (exact) mass is 241 g/mol. The zero-order valence-electron chi connectivity index (χ0n) is 11.5. The summed E-state index contributed by atoms with van der Waals surface area (Å²) >= 11 is 0. The van der Waals surface area contributed by atoms with Crippen LogP contribution in [0.2, 0.25) is 0 Å². The zero-order valence-corrected chi connectivity index (χ0v) is 11.5. The van der Waals surface area contributed by atoms with Crippen LogP contribution in [-0.4, -0.2) is 73.9 Å². The quantitative estimate of drug-likeness (QED) is 0.300. The Hall–Kier alpha value is -0.810. The SMILES string of the molecule is CCN(CCN(C)/C=N\N)CC1CCCN1C. The zero-order chi connectivity index (χ0) is 12.7. The smallest absolute Gasteiger partial charge is 0.110 e. The van der Waals surface area contributed by atoms with Crippen LogP contribution in [0.1, 0.15) is 19.8 Å². The molecule has 2 N–H and O–H groups in total. The topological polar surface area (TPSA) is 48.1 Å². The van der Waals surface area contributed by atoms with E-state index < -0.39 is 0 Å². The summed E-state index contributed by atoms with van der Waals surface area (Å²) in [6.07, 6.45) is 4.36. The number of likely N-dealkylation sites (tertiary alicyclic amines) is 1. The number of hydrazone groups is 1. The van der Waals surface area contributed by atoms with E-state index in [-0.39, 0.29) is 0 Å². The summed E-state index contributed by atoms with van der Waals surface area (Å²) in [5.41, 5.74) is 0. The molecule has 0 aromatic rings. The van der Waals surface area contributed by atoms with Gasteiger partial charge in [-0.1, -0.05) is 6.92 Å². The number of hydrogen-bond donors (Lipinski definition) is 1. The van der Waals surface area contributed by atoms with E-state index in [2.05, 4.69) is 28.9 Å². The van der Waals surface area contributed by atoms with Crippen LogP contribution in [0, 0.1) is 0 Å². The van der Waals surface area contributed by atoms with Gasteiger partial charge in [-0.2, -0.15) is 5.10 Å². The van der Waals surface area contributed by atoms with E-state index in [1.54, 1.807) is 6.34 Å². The molecule has 1 aliphatic heterocycles. The third-order valence-corrected chi connectivity index (χ3v) is 3.62. The molecule has 1 unspecified atom stereocenters. The predicted octanol–water partition coefficient (Wildman–Crippen LogP) is 0.236.